The summed E-state index contributed by atoms with van der Waals surface area (Å²) in [5, 5.41) is 2.93. The molecule has 2 heterocycles. The number of amidine groups is 1. The fourth-order valence-corrected chi connectivity index (χ4v) is 3.41. The minimum absolute atomic E-state index is 0.214. The first-order valence-corrected chi connectivity index (χ1v) is 8.84. The third kappa shape index (κ3) is 2.99. The zero-order valence-electron chi connectivity index (χ0n) is 13.0. The lowest BCUT2D eigenvalue weighted by molar-refractivity contribution is -0.113. The van der Waals surface area contributed by atoms with Crippen molar-refractivity contribution in [2.24, 2.45) is 4.99 Å². The van der Waals surface area contributed by atoms with Crippen LogP contribution < -0.4 is 4.90 Å². The van der Waals surface area contributed by atoms with Crippen LogP contribution in [-0.4, -0.2) is 16.7 Å². The van der Waals surface area contributed by atoms with Crippen molar-refractivity contribution in [3.05, 3.63) is 88.0 Å². The van der Waals surface area contributed by atoms with E-state index < -0.39 is 0 Å². The van der Waals surface area contributed by atoms with Gasteiger partial charge in [-0.2, -0.15) is 0 Å². The number of carbonyl (C=O) groups is 1. The van der Waals surface area contributed by atoms with Gasteiger partial charge in [0.15, 0.2) is 11.0 Å². The van der Waals surface area contributed by atoms with Gasteiger partial charge in [-0.15, -0.1) is 11.3 Å². The van der Waals surface area contributed by atoms with Crippen molar-refractivity contribution in [3.8, 4) is 0 Å². The predicted molar refractivity (Wildman–Crippen MR) is 102 cm³/mol. The summed E-state index contributed by atoms with van der Waals surface area (Å²) in [5.74, 6) is 0.279. The second-order valence-corrected chi connectivity index (χ2v) is 6.59. The molecule has 0 spiro atoms. The van der Waals surface area contributed by atoms with Gasteiger partial charge in [0.1, 0.15) is 5.70 Å². The number of amides is 1. The molecule has 3 aromatic rings. The molecule has 4 nitrogen and oxygen atoms in total. The molecule has 6 heteroatoms. The van der Waals surface area contributed by atoms with Crippen LogP contribution in [0.3, 0.4) is 0 Å². The number of aromatic nitrogens is 1. The molecule has 1 amide bonds. The minimum atomic E-state index is -0.214. The van der Waals surface area contributed by atoms with Crippen LogP contribution in [0.5, 0.6) is 0 Å². The predicted octanol–water partition coefficient (Wildman–Crippen LogP) is 4.63. The Hall–Kier alpha value is -2.76. The fourth-order valence-electron chi connectivity index (χ4n) is 2.55. The van der Waals surface area contributed by atoms with Crippen LogP contribution in [0.1, 0.15) is 11.1 Å². The summed E-state index contributed by atoms with van der Waals surface area (Å²) >= 11 is 7.71. The molecule has 0 fully saturated rings. The second kappa shape index (κ2) is 6.63. The molecule has 4 rings (SSSR count). The maximum absolute atomic E-state index is 13.0. The number of hydrogen-bond acceptors (Lipinski definition) is 4. The van der Waals surface area contributed by atoms with E-state index in [0.717, 1.165) is 5.56 Å². The molecule has 0 unspecified atom stereocenters. The summed E-state index contributed by atoms with van der Waals surface area (Å²) in [6, 6.07) is 17.0. The van der Waals surface area contributed by atoms with Crippen molar-refractivity contribution < 1.29 is 4.79 Å². The summed E-state index contributed by atoms with van der Waals surface area (Å²) in [4.78, 5) is 23.3. The van der Waals surface area contributed by atoms with Crippen molar-refractivity contribution >= 4 is 45.9 Å². The van der Waals surface area contributed by atoms with Crippen LogP contribution in [0.4, 0.5) is 5.13 Å². The Bertz CT molecular complexity index is 981. The van der Waals surface area contributed by atoms with E-state index in [4.69, 9.17) is 11.6 Å². The summed E-state index contributed by atoms with van der Waals surface area (Å²) in [6.07, 6.45) is 3.43. The number of carbonyl (C=O) groups excluding carboxylic acids is 1. The maximum Gasteiger partial charge on any atom is 0.284 e. The highest BCUT2D eigenvalue weighted by Crippen LogP contribution is 2.31. The summed E-state index contributed by atoms with van der Waals surface area (Å²) in [6.45, 7) is 0. The standard InChI is InChI=1S/C19H12ClN3OS/c20-15-9-5-4-8-14(15)17-22-16(12-13-6-2-1-3-7-13)18(24)23(17)19-21-10-11-25-19/h1-12H. The summed E-state index contributed by atoms with van der Waals surface area (Å²) < 4.78 is 0. The normalized spacial score (nSPS) is 15.7. The number of hydrogen-bond donors (Lipinski definition) is 0. The Balaban J connectivity index is 1.85. The Labute approximate surface area is 153 Å². The highest BCUT2D eigenvalue weighted by molar-refractivity contribution is 7.14. The molecule has 0 N–H and O–H groups in total. The number of benzene rings is 2. The zero-order chi connectivity index (χ0) is 17.2. The molecule has 0 radical (unpaired) electrons. The summed E-state index contributed by atoms with van der Waals surface area (Å²) in [5.41, 5.74) is 1.97. The van der Waals surface area contributed by atoms with Crippen molar-refractivity contribution in [2.75, 3.05) is 4.90 Å². The first-order valence-electron chi connectivity index (χ1n) is 7.58. The van der Waals surface area contributed by atoms with Gasteiger partial charge in [0.05, 0.1) is 5.02 Å². The van der Waals surface area contributed by atoms with E-state index in [1.54, 1.807) is 18.3 Å². The number of nitrogens with zero attached hydrogens (tertiary/aromatic N) is 3. The van der Waals surface area contributed by atoms with Crippen LogP contribution >= 0.6 is 22.9 Å². The molecule has 1 aliphatic heterocycles. The third-order valence-electron chi connectivity index (χ3n) is 3.69. The lowest BCUT2D eigenvalue weighted by Crippen LogP contribution is -2.32. The van der Waals surface area contributed by atoms with Gasteiger partial charge in [-0.3, -0.25) is 4.79 Å². The van der Waals surface area contributed by atoms with E-state index in [0.29, 0.717) is 27.3 Å². The van der Waals surface area contributed by atoms with Gasteiger partial charge in [-0.25, -0.2) is 14.9 Å². The fraction of sp³-hybridized carbons (Fsp3) is 0. The first-order chi connectivity index (χ1) is 12.2. The van der Waals surface area contributed by atoms with Gasteiger partial charge in [-0.05, 0) is 23.8 Å². The van der Waals surface area contributed by atoms with Crippen molar-refractivity contribution in [1.29, 1.82) is 0 Å². The number of thiazole rings is 1. The highest BCUT2D eigenvalue weighted by Gasteiger charge is 2.34. The van der Waals surface area contributed by atoms with E-state index in [2.05, 4.69) is 9.98 Å². The number of halogens is 1. The molecular weight excluding hydrogens is 354 g/mol. The average molecular weight is 366 g/mol. The van der Waals surface area contributed by atoms with E-state index in [1.807, 2.05) is 53.9 Å². The Morgan fingerprint density at radius 1 is 1.04 bits per heavy atom. The van der Waals surface area contributed by atoms with Crippen LogP contribution in [0.25, 0.3) is 6.08 Å². The van der Waals surface area contributed by atoms with Crippen LogP contribution in [0.15, 0.2) is 76.9 Å². The second-order valence-electron chi connectivity index (χ2n) is 5.31. The topological polar surface area (TPSA) is 45.6 Å². The average Bonchev–Trinajstić information content (AvgIpc) is 3.25. The smallest absolute Gasteiger partial charge is 0.266 e. The molecule has 25 heavy (non-hydrogen) atoms. The van der Waals surface area contributed by atoms with Gasteiger partial charge < -0.3 is 0 Å². The third-order valence-corrected chi connectivity index (χ3v) is 4.77. The number of aliphatic imine (C=N–C) groups is 1. The lowest BCUT2D eigenvalue weighted by Gasteiger charge is -2.15. The Morgan fingerprint density at radius 3 is 2.52 bits per heavy atom. The van der Waals surface area contributed by atoms with Gasteiger partial charge in [0, 0.05) is 17.1 Å². The van der Waals surface area contributed by atoms with E-state index in [-0.39, 0.29) is 5.91 Å². The molecule has 0 bridgehead atoms. The van der Waals surface area contributed by atoms with Gasteiger partial charge >= 0.3 is 0 Å². The Kier molecular flexibility index (Phi) is 4.17. The quantitative estimate of drug-likeness (QED) is 0.635. The van der Waals surface area contributed by atoms with Gasteiger partial charge in [0.2, 0.25) is 0 Å². The minimum Gasteiger partial charge on any atom is -0.266 e. The number of rotatable bonds is 3. The number of anilines is 1. The largest absolute Gasteiger partial charge is 0.284 e. The Morgan fingerprint density at radius 2 is 1.80 bits per heavy atom. The van der Waals surface area contributed by atoms with Crippen LogP contribution in [0, 0.1) is 0 Å². The molecule has 122 valence electrons. The van der Waals surface area contributed by atoms with Crippen molar-refractivity contribution in [1.82, 2.24) is 4.98 Å². The lowest BCUT2D eigenvalue weighted by atomic mass is 10.2. The van der Waals surface area contributed by atoms with Crippen LogP contribution in [0.2, 0.25) is 5.02 Å². The van der Waals surface area contributed by atoms with Gasteiger partial charge in [0.25, 0.3) is 5.91 Å². The first kappa shape index (κ1) is 15.7. The maximum atomic E-state index is 13.0. The van der Waals surface area contributed by atoms with Gasteiger partial charge in [-0.1, -0.05) is 54.1 Å². The van der Waals surface area contributed by atoms with Crippen LogP contribution in [-0.2, 0) is 4.79 Å². The monoisotopic (exact) mass is 365 g/mol. The molecule has 0 aliphatic carbocycles. The van der Waals surface area contributed by atoms with E-state index in [9.17, 15) is 4.79 Å². The highest BCUT2D eigenvalue weighted by atomic mass is 35.5. The SMILES string of the molecule is O=C1C(=Cc2ccccc2)N=C(c2ccccc2Cl)N1c1nccs1. The molecule has 0 saturated carbocycles. The molecule has 0 atom stereocenters. The summed E-state index contributed by atoms with van der Waals surface area (Å²) in [7, 11) is 0. The van der Waals surface area contributed by atoms with E-state index >= 15 is 0 Å². The van der Waals surface area contributed by atoms with Crippen molar-refractivity contribution in [3.63, 3.8) is 0 Å². The zero-order valence-corrected chi connectivity index (χ0v) is 14.5. The van der Waals surface area contributed by atoms with Crippen molar-refractivity contribution in [2.45, 2.75) is 0 Å². The van der Waals surface area contributed by atoms with E-state index in [1.165, 1.54) is 16.2 Å². The molecule has 0 saturated heterocycles. The molecule has 1 aromatic heterocycles. The molecule has 2 aromatic carbocycles. The molecule has 1 aliphatic rings. The molecular formula is C19H12ClN3OS.